The molecular formula is C11H13BrN2O2S2. The summed E-state index contributed by atoms with van der Waals surface area (Å²) in [5, 5.41) is 6.51. The lowest BCUT2D eigenvalue weighted by atomic mass is 10.3. The quantitative estimate of drug-likeness (QED) is 0.799. The summed E-state index contributed by atoms with van der Waals surface area (Å²) in [6, 6.07) is 7.52. The Morgan fingerprint density at radius 2 is 2.00 bits per heavy atom. The van der Waals surface area contributed by atoms with E-state index in [9.17, 15) is 8.42 Å². The van der Waals surface area contributed by atoms with Crippen molar-refractivity contribution < 1.29 is 8.42 Å². The van der Waals surface area contributed by atoms with E-state index in [0.29, 0.717) is 11.5 Å². The Morgan fingerprint density at radius 1 is 1.33 bits per heavy atom. The van der Waals surface area contributed by atoms with Crippen LogP contribution in [-0.4, -0.2) is 31.1 Å². The van der Waals surface area contributed by atoms with Gasteiger partial charge in [-0.25, -0.2) is 8.42 Å². The van der Waals surface area contributed by atoms with Crippen molar-refractivity contribution in [1.82, 2.24) is 5.32 Å². The number of hydrogen-bond acceptors (Lipinski definition) is 3. The van der Waals surface area contributed by atoms with Gasteiger partial charge in [-0.05, 0) is 42.9 Å². The van der Waals surface area contributed by atoms with Gasteiger partial charge in [-0.1, -0.05) is 15.9 Å². The number of nitrogens with one attached hydrogen (secondary N) is 2. The molecule has 1 heterocycles. The molecule has 1 aromatic rings. The molecule has 0 aliphatic carbocycles. The molecule has 0 amide bonds. The van der Waals surface area contributed by atoms with Gasteiger partial charge in [0.25, 0.3) is 0 Å². The van der Waals surface area contributed by atoms with Crippen molar-refractivity contribution in [3.05, 3.63) is 28.7 Å². The molecule has 1 fully saturated rings. The SMILES string of the molecule is O=S1(=O)CCC(NC(=S)Nc2ccc(Br)cc2)C1. The van der Waals surface area contributed by atoms with Gasteiger partial charge in [0.05, 0.1) is 11.5 Å². The highest BCUT2D eigenvalue weighted by molar-refractivity contribution is 9.10. The average molecular weight is 349 g/mol. The van der Waals surface area contributed by atoms with Crippen LogP contribution in [0.3, 0.4) is 0 Å². The number of hydrogen-bond donors (Lipinski definition) is 2. The highest BCUT2D eigenvalue weighted by atomic mass is 79.9. The lowest BCUT2D eigenvalue weighted by molar-refractivity contribution is 0.600. The van der Waals surface area contributed by atoms with Crippen LogP contribution in [0.15, 0.2) is 28.7 Å². The lowest BCUT2D eigenvalue weighted by Gasteiger charge is -2.14. The van der Waals surface area contributed by atoms with E-state index in [1.165, 1.54) is 0 Å². The zero-order valence-electron chi connectivity index (χ0n) is 9.52. The molecule has 18 heavy (non-hydrogen) atoms. The monoisotopic (exact) mass is 348 g/mol. The molecule has 0 spiro atoms. The minimum Gasteiger partial charge on any atom is -0.359 e. The molecule has 1 aromatic carbocycles. The summed E-state index contributed by atoms with van der Waals surface area (Å²) in [5.41, 5.74) is 0.872. The first kappa shape index (κ1) is 13.8. The third kappa shape index (κ3) is 3.93. The fourth-order valence-electron chi connectivity index (χ4n) is 1.79. The van der Waals surface area contributed by atoms with E-state index in [1.54, 1.807) is 0 Å². The maximum atomic E-state index is 11.3. The summed E-state index contributed by atoms with van der Waals surface area (Å²) in [4.78, 5) is 0. The zero-order chi connectivity index (χ0) is 13.2. The van der Waals surface area contributed by atoms with E-state index < -0.39 is 9.84 Å². The second-order valence-electron chi connectivity index (χ2n) is 4.21. The van der Waals surface area contributed by atoms with Crippen LogP contribution < -0.4 is 10.6 Å². The summed E-state index contributed by atoms with van der Waals surface area (Å²) >= 11 is 8.50. The Balaban J connectivity index is 1.88. The van der Waals surface area contributed by atoms with E-state index in [2.05, 4.69) is 26.6 Å². The van der Waals surface area contributed by atoms with E-state index in [-0.39, 0.29) is 17.5 Å². The fourth-order valence-corrected chi connectivity index (χ4v) is 4.02. The standard InChI is InChI=1S/C11H13BrN2O2S2/c12-8-1-3-9(4-2-8)13-11(17)14-10-5-6-18(15,16)7-10/h1-4,10H,5-7H2,(H2,13,14,17). The molecular weight excluding hydrogens is 336 g/mol. The molecule has 0 radical (unpaired) electrons. The Kier molecular flexibility index (Phi) is 4.24. The Hall–Kier alpha value is -0.660. The predicted molar refractivity (Wildman–Crippen MR) is 80.6 cm³/mol. The number of sulfone groups is 1. The van der Waals surface area contributed by atoms with Crippen molar-refractivity contribution in [2.24, 2.45) is 0 Å². The Labute approximate surface area is 120 Å². The molecule has 2 rings (SSSR count). The molecule has 0 aromatic heterocycles. The van der Waals surface area contributed by atoms with Crippen molar-refractivity contribution in [1.29, 1.82) is 0 Å². The first-order chi connectivity index (χ1) is 8.44. The number of thiocarbonyl (C=S) groups is 1. The highest BCUT2D eigenvalue weighted by Crippen LogP contribution is 2.15. The van der Waals surface area contributed by atoms with Crippen molar-refractivity contribution in [2.75, 3.05) is 16.8 Å². The summed E-state index contributed by atoms with van der Waals surface area (Å²) in [7, 11) is -2.88. The molecule has 1 aliphatic heterocycles. The maximum Gasteiger partial charge on any atom is 0.171 e. The third-order valence-electron chi connectivity index (χ3n) is 2.67. The van der Waals surface area contributed by atoms with Crippen LogP contribution in [0.1, 0.15) is 6.42 Å². The van der Waals surface area contributed by atoms with Crippen LogP contribution in [0.4, 0.5) is 5.69 Å². The second-order valence-corrected chi connectivity index (χ2v) is 7.76. The third-order valence-corrected chi connectivity index (χ3v) is 5.19. The molecule has 1 saturated heterocycles. The summed E-state index contributed by atoms with van der Waals surface area (Å²) in [6.45, 7) is 0. The minimum atomic E-state index is -2.88. The summed E-state index contributed by atoms with van der Waals surface area (Å²) in [6.07, 6.45) is 0.616. The first-order valence-corrected chi connectivity index (χ1v) is 8.50. The van der Waals surface area contributed by atoms with Crippen LogP contribution in [0.2, 0.25) is 0 Å². The molecule has 0 saturated carbocycles. The number of halogens is 1. The Morgan fingerprint density at radius 3 is 2.56 bits per heavy atom. The van der Waals surface area contributed by atoms with Crippen LogP contribution in [-0.2, 0) is 9.84 Å². The molecule has 0 bridgehead atoms. The first-order valence-electron chi connectivity index (χ1n) is 5.48. The molecule has 2 N–H and O–H groups in total. The number of benzene rings is 1. The summed E-state index contributed by atoms with van der Waals surface area (Å²) in [5.74, 6) is 0.403. The normalized spacial score (nSPS) is 21.5. The van der Waals surface area contributed by atoms with Gasteiger partial charge >= 0.3 is 0 Å². The minimum absolute atomic E-state index is 0.0783. The molecule has 98 valence electrons. The van der Waals surface area contributed by atoms with Gasteiger partial charge in [-0.15, -0.1) is 0 Å². The van der Waals surface area contributed by atoms with Gasteiger partial charge in [-0.3, -0.25) is 0 Å². The van der Waals surface area contributed by atoms with Crippen molar-refractivity contribution in [3.63, 3.8) is 0 Å². The molecule has 1 aliphatic rings. The van der Waals surface area contributed by atoms with E-state index >= 15 is 0 Å². The second kappa shape index (κ2) is 5.54. The topological polar surface area (TPSA) is 58.2 Å². The van der Waals surface area contributed by atoms with Crippen molar-refractivity contribution in [3.8, 4) is 0 Å². The smallest absolute Gasteiger partial charge is 0.171 e. The molecule has 7 heteroatoms. The highest BCUT2D eigenvalue weighted by Gasteiger charge is 2.28. The average Bonchev–Trinajstić information content (AvgIpc) is 2.61. The van der Waals surface area contributed by atoms with Gasteiger partial charge in [0.2, 0.25) is 0 Å². The number of rotatable bonds is 2. The fraction of sp³-hybridized carbons (Fsp3) is 0.364. The van der Waals surface area contributed by atoms with Crippen LogP contribution in [0.25, 0.3) is 0 Å². The summed E-state index contributed by atoms with van der Waals surface area (Å²) < 4.78 is 23.6. The zero-order valence-corrected chi connectivity index (χ0v) is 12.7. The molecule has 1 unspecified atom stereocenters. The molecule has 4 nitrogen and oxygen atoms in total. The largest absolute Gasteiger partial charge is 0.359 e. The predicted octanol–water partition coefficient (Wildman–Crippen LogP) is 1.92. The van der Waals surface area contributed by atoms with E-state index in [1.807, 2.05) is 24.3 Å². The van der Waals surface area contributed by atoms with Crippen molar-refractivity contribution >= 4 is 48.8 Å². The van der Waals surface area contributed by atoms with Gasteiger partial charge in [0, 0.05) is 16.2 Å². The van der Waals surface area contributed by atoms with Crippen LogP contribution >= 0.6 is 28.1 Å². The molecule has 1 atom stereocenters. The van der Waals surface area contributed by atoms with Crippen LogP contribution in [0.5, 0.6) is 0 Å². The van der Waals surface area contributed by atoms with Gasteiger partial charge in [-0.2, -0.15) is 0 Å². The van der Waals surface area contributed by atoms with Crippen molar-refractivity contribution in [2.45, 2.75) is 12.5 Å². The van der Waals surface area contributed by atoms with E-state index in [4.69, 9.17) is 12.2 Å². The maximum absolute atomic E-state index is 11.3. The van der Waals surface area contributed by atoms with Gasteiger partial charge in [0.15, 0.2) is 14.9 Å². The number of anilines is 1. The van der Waals surface area contributed by atoms with E-state index in [0.717, 1.165) is 10.2 Å². The van der Waals surface area contributed by atoms with Gasteiger partial charge < -0.3 is 10.6 Å². The van der Waals surface area contributed by atoms with Gasteiger partial charge in [0.1, 0.15) is 0 Å². The Bertz CT molecular complexity index is 543. The lowest BCUT2D eigenvalue weighted by Crippen LogP contribution is -2.38. The van der Waals surface area contributed by atoms with Crippen LogP contribution in [0, 0.1) is 0 Å².